The number of amides is 3. The van der Waals surface area contributed by atoms with E-state index in [0.29, 0.717) is 24.5 Å². The molecular formula is C21H26N4O3. The molecule has 0 radical (unpaired) electrons. The lowest BCUT2D eigenvalue weighted by Gasteiger charge is -2.36. The number of carbonyl (C=O) groups is 2. The van der Waals surface area contributed by atoms with Crippen LogP contribution in [0.4, 0.5) is 16.2 Å². The van der Waals surface area contributed by atoms with Crippen LogP contribution in [0.3, 0.4) is 0 Å². The van der Waals surface area contributed by atoms with E-state index in [-0.39, 0.29) is 11.9 Å². The first-order valence-electron chi connectivity index (χ1n) is 9.37. The quantitative estimate of drug-likeness (QED) is 0.834. The number of para-hydroxylation sites is 1. The van der Waals surface area contributed by atoms with Crippen LogP contribution in [0.1, 0.15) is 6.92 Å². The van der Waals surface area contributed by atoms with Crippen molar-refractivity contribution >= 4 is 23.3 Å². The third kappa shape index (κ3) is 4.94. The first-order valence-corrected chi connectivity index (χ1v) is 9.37. The molecule has 7 heteroatoms. The van der Waals surface area contributed by atoms with Gasteiger partial charge in [-0.1, -0.05) is 24.3 Å². The van der Waals surface area contributed by atoms with Crippen molar-refractivity contribution in [3.05, 3.63) is 54.6 Å². The van der Waals surface area contributed by atoms with Crippen molar-refractivity contribution in [2.24, 2.45) is 0 Å². The third-order valence-corrected chi connectivity index (χ3v) is 4.76. The zero-order valence-electron chi connectivity index (χ0n) is 16.2. The molecule has 0 aromatic heterocycles. The van der Waals surface area contributed by atoms with E-state index < -0.39 is 6.04 Å². The minimum Gasteiger partial charge on any atom is -0.497 e. The zero-order chi connectivity index (χ0) is 19.9. The molecule has 3 rings (SSSR count). The maximum absolute atomic E-state index is 12.5. The first-order chi connectivity index (χ1) is 13.6. The Balaban J connectivity index is 1.48. The van der Waals surface area contributed by atoms with E-state index in [4.69, 9.17) is 4.74 Å². The van der Waals surface area contributed by atoms with Crippen molar-refractivity contribution < 1.29 is 14.3 Å². The lowest BCUT2D eigenvalue weighted by Crippen LogP contribution is -2.54. The van der Waals surface area contributed by atoms with Gasteiger partial charge in [0.1, 0.15) is 11.8 Å². The van der Waals surface area contributed by atoms with Crippen LogP contribution in [0.2, 0.25) is 0 Å². The van der Waals surface area contributed by atoms with E-state index in [2.05, 4.69) is 27.7 Å². The second kappa shape index (κ2) is 9.12. The molecule has 1 aliphatic heterocycles. The predicted molar refractivity (Wildman–Crippen MR) is 110 cm³/mol. The largest absolute Gasteiger partial charge is 0.497 e. The molecule has 2 N–H and O–H groups in total. The van der Waals surface area contributed by atoms with Gasteiger partial charge in [-0.05, 0) is 31.2 Å². The molecule has 2 aromatic rings. The highest BCUT2D eigenvalue weighted by molar-refractivity contribution is 5.96. The van der Waals surface area contributed by atoms with Gasteiger partial charge in [0.05, 0.1) is 7.11 Å². The summed E-state index contributed by atoms with van der Waals surface area (Å²) in [4.78, 5) is 28.9. The molecule has 3 amide bonds. The Morgan fingerprint density at radius 2 is 1.71 bits per heavy atom. The van der Waals surface area contributed by atoms with Crippen molar-refractivity contribution in [2.75, 3.05) is 43.5 Å². The van der Waals surface area contributed by atoms with Crippen LogP contribution in [-0.4, -0.2) is 56.2 Å². The number of benzene rings is 2. The van der Waals surface area contributed by atoms with Crippen LogP contribution in [-0.2, 0) is 4.79 Å². The number of urea groups is 1. The van der Waals surface area contributed by atoms with Gasteiger partial charge in [0.25, 0.3) is 0 Å². The van der Waals surface area contributed by atoms with Crippen LogP contribution < -0.4 is 20.3 Å². The van der Waals surface area contributed by atoms with Gasteiger partial charge in [0, 0.05) is 43.6 Å². The number of nitrogens with zero attached hydrogens (tertiary/aromatic N) is 2. The summed E-state index contributed by atoms with van der Waals surface area (Å²) in [5, 5.41) is 5.57. The fraction of sp³-hybridized carbons (Fsp3) is 0.333. The maximum Gasteiger partial charge on any atom is 0.318 e. The van der Waals surface area contributed by atoms with Gasteiger partial charge in [-0.25, -0.2) is 4.79 Å². The summed E-state index contributed by atoms with van der Waals surface area (Å²) >= 11 is 0. The van der Waals surface area contributed by atoms with Crippen molar-refractivity contribution in [1.29, 1.82) is 0 Å². The average molecular weight is 382 g/mol. The van der Waals surface area contributed by atoms with Crippen molar-refractivity contribution in [1.82, 2.24) is 10.2 Å². The molecule has 0 aliphatic carbocycles. The molecule has 1 aliphatic rings. The van der Waals surface area contributed by atoms with Crippen LogP contribution in [0.25, 0.3) is 0 Å². The summed E-state index contributed by atoms with van der Waals surface area (Å²) < 4.78 is 5.15. The van der Waals surface area contributed by atoms with Gasteiger partial charge in [-0.2, -0.15) is 0 Å². The Morgan fingerprint density at radius 3 is 2.39 bits per heavy atom. The van der Waals surface area contributed by atoms with Crippen molar-refractivity contribution in [2.45, 2.75) is 13.0 Å². The number of ether oxygens (including phenoxy) is 1. The molecule has 2 aromatic carbocycles. The lowest BCUT2D eigenvalue weighted by molar-refractivity contribution is -0.117. The second-order valence-corrected chi connectivity index (χ2v) is 6.70. The number of piperazine rings is 1. The van der Waals surface area contributed by atoms with Gasteiger partial charge in [-0.3, -0.25) is 4.79 Å². The summed E-state index contributed by atoms with van der Waals surface area (Å²) in [6.45, 7) is 4.44. The Labute approximate surface area is 165 Å². The van der Waals surface area contributed by atoms with Gasteiger partial charge in [0.15, 0.2) is 0 Å². The van der Waals surface area contributed by atoms with Gasteiger partial charge in [-0.15, -0.1) is 0 Å². The summed E-state index contributed by atoms with van der Waals surface area (Å²) in [6, 6.07) is 16.4. The number of anilines is 2. The van der Waals surface area contributed by atoms with Crippen LogP contribution in [0.15, 0.2) is 54.6 Å². The lowest BCUT2D eigenvalue weighted by atomic mass is 10.2. The molecule has 0 bridgehead atoms. The smallest absolute Gasteiger partial charge is 0.318 e. The molecule has 7 nitrogen and oxygen atoms in total. The first kappa shape index (κ1) is 19.5. The number of hydrogen-bond acceptors (Lipinski definition) is 4. The zero-order valence-corrected chi connectivity index (χ0v) is 16.2. The summed E-state index contributed by atoms with van der Waals surface area (Å²) in [5.41, 5.74) is 1.79. The Bertz CT molecular complexity index is 804. The van der Waals surface area contributed by atoms with Gasteiger partial charge >= 0.3 is 6.03 Å². The minimum atomic E-state index is -0.647. The monoisotopic (exact) mass is 382 g/mol. The van der Waals surface area contributed by atoms with E-state index in [1.807, 2.05) is 18.2 Å². The van der Waals surface area contributed by atoms with Crippen LogP contribution >= 0.6 is 0 Å². The molecule has 0 unspecified atom stereocenters. The maximum atomic E-state index is 12.5. The average Bonchev–Trinajstić information content (AvgIpc) is 2.74. The molecular weight excluding hydrogens is 356 g/mol. The third-order valence-electron chi connectivity index (χ3n) is 4.76. The van der Waals surface area contributed by atoms with Gasteiger partial charge < -0.3 is 25.2 Å². The summed E-state index contributed by atoms with van der Waals surface area (Å²) in [5.74, 6) is 0.385. The highest BCUT2D eigenvalue weighted by Gasteiger charge is 2.24. The van der Waals surface area contributed by atoms with Crippen molar-refractivity contribution in [3.8, 4) is 5.75 Å². The molecule has 28 heavy (non-hydrogen) atoms. The second-order valence-electron chi connectivity index (χ2n) is 6.70. The van der Waals surface area contributed by atoms with Crippen LogP contribution in [0, 0.1) is 0 Å². The summed E-state index contributed by atoms with van der Waals surface area (Å²) in [7, 11) is 1.57. The van der Waals surface area contributed by atoms with Crippen LogP contribution in [0.5, 0.6) is 5.75 Å². The van der Waals surface area contributed by atoms with E-state index in [0.717, 1.165) is 18.8 Å². The molecule has 1 heterocycles. The highest BCUT2D eigenvalue weighted by Crippen LogP contribution is 2.17. The Morgan fingerprint density at radius 1 is 1.00 bits per heavy atom. The van der Waals surface area contributed by atoms with E-state index in [1.165, 1.54) is 0 Å². The molecule has 1 fully saturated rings. The van der Waals surface area contributed by atoms with E-state index in [9.17, 15) is 9.59 Å². The topological polar surface area (TPSA) is 73.9 Å². The SMILES string of the molecule is COc1cccc(NC(=O)[C@@H](C)NC(=O)N2CCN(c3ccccc3)CC2)c1. The fourth-order valence-corrected chi connectivity index (χ4v) is 3.10. The highest BCUT2D eigenvalue weighted by atomic mass is 16.5. The number of methoxy groups -OCH3 is 1. The normalized spacial score (nSPS) is 14.9. The summed E-state index contributed by atoms with van der Waals surface area (Å²) in [6.07, 6.45) is 0. The predicted octanol–water partition coefficient (Wildman–Crippen LogP) is 2.55. The van der Waals surface area contributed by atoms with Gasteiger partial charge in [0.2, 0.25) is 5.91 Å². The Kier molecular flexibility index (Phi) is 6.37. The number of rotatable bonds is 5. The van der Waals surface area contributed by atoms with Crippen molar-refractivity contribution in [3.63, 3.8) is 0 Å². The standard InChI is InChI=1S/C21H26N4O3/c1-16(20(26)23-17-7-6-10-19(15-17)28-2)22-21(27)25-13-11-24(12-14-25)18-8-4-3-5-9-18/h3-10,15-16H,11-14H2,1-2H3,(H,22,27)(H,23,26)/t16-/m1/s1. The number of hydrogen-bond donors (Lipinski definition) is 2. The number of carbonyl (C=O) groups excluding carboxylic acids is 2. The Hall–Kier alpha value is -3.22. The molecule has 1 saturated heterocycles. The minimum absolute atomic E-state index is 0.221. The molecule has 1 atom stereocenters. The molecule has 0 spiro atoms. The molecule has 0 saturated carbocycles. The fourth-order valence-electron chi connectivity index (χ4n) is 3.10. The molecule has 148 valence electrons. The van der Waals surface area contributed by atoms with E-state index in [1.54, 1.807) is 43.2 Å². The number of nitrogens with one attached hydrogen (secondary N) is 2. The van der Waals surface area contributed by atoms with E-state index >= 15 is 0 Å².